The number of rotatable bonds is 6. The van der Waals surface area contributed by atoms with Gasteiger partial charge in [0.05, 0.1) is 20.9 Å². The van der Waals surface area contributed by atoms with E-state index in [0.29, 0.717) is 22.6 Å². The van der Waals surface area contributed by atoms with Crippen LogP contribution in [-0.2, 0) is 21.6 Å². The summed E-state index contributed by atoms with van der Waals surface area (Å²) >= 11 is 4.33. The van der Waals surface area contributed by atoms with E-state index in [0.717, 1.165) is 35.4 Å². The molecule has 1 heterocycles. The van der Waals surface area contributed by atoms with E-state index < -0.39 is 17.8 Å². The highest BCUT2D eigenvalue weighted by Gasteiger charge is 2.51. The summed E-state index contributed by atoms with van der Waals surface area (Å²) in [5.74, 6) is 1.48. The molecule has 44 heavy (non-hydrogen) atoms. The van der Waals surface area contributed by atoms with E-state index in [2.05, 4.69) is 68.7 Å². The summed E-state index contributed by atoms with van der Waals surface area (Å²) in [7, 11) is 0. The molecule has 1 aliphatic heterocycles. The summed E-state index contributed by atoms with van der Waals surface area (Å²) in [5.41, 5.74) is 3.54. The van der Waals surface area contributed by atoms with Gasteiger partial charge in [0, 0.05) is 14.7 Å². The van der Waals surface area contributed by atoms with E-state index in [1.165, 1.54) is 50.2 Å². The number of carbonyl (C=O) groups excluding carboxylic acids is 3. The molecule has 222 valence electrons. The van der Waals surface area contributed by atoms with Gasteiger partial charge in [0.2, 0.25) is 0 Å². The molecule has 8 rings (SSSR count). The van der Waals surface area contributed by atoms with Gasteiger partial charge in [0.15, 0.2) is 0 Å². The number of barbiturate groups is 1. The summed E-state index contributed by atoms with van der Waals surface area (Å²) in [4.78, 5) is 40.9. The zero-order chi connectivity index (χ0) is 30.6. The van der Waals surface area contributed by atoms with E-state index in [1.807, 2.05) is 36.4 Å². The maximum Gasteiger partial charge on any atom is 0.335 e. The third-order valence-corrected chi connectivity index (χ3v) is 11.1. The van der Waals surface area contributed by atoms with Crippen LogP contribution in [-0.4, -0.2) is 17.8 Å². The van der Waals surface area contributed by atoms with Gasteiger partial charge in [-0.3, -0.25) is 14.9 Å². The fraction of sp³-hybridized carbons (Fsp3) is 0.314. The number of urea groups is 1. The molecule has 0 unspecified atom stereocenters. The molecule has 0 spiro atoms. The lowest BCUT2D eigenvalue weighted by Crippen LogP contribution is -2.54. The van der Waals surface area contributed by atoms with Crippen LogP contribution in [0.4, 0.5) is 10.5 Å². The Morgan fingerprint density at radius 1 is 0.955 bits per heavy atom. The zero-order valence-electron chi connectivity index (χ0n) is 23.8. The predicted octanol–water partition coefficient (Wildman–Crippen LogP) is 7.48. The van der Waals surface area contributed by atoms with Crippen molar-refractivity contribution < 1.29 is 19.1 Å². The molecule has 4 bridgehead atoms. The van der Waals surface area contributed by atoms with Crippen molar-refractivity contribution in [3.05, 3.63) is 95.6 Å². The summed E-state index contributed by atoms with van der Waals surface area (Å²) < 4.78 is 7.85. The monoisotopic (exact) mass is 809 g/mol. The normalized spacial score (nSPS) is 26.6. The molecule has 4 saturated carbocycles. The molecule has 3 aromatic rings. The molecule has 4 amide bonds. The SMILES string of the molecule is N#Cc1ccccc1COc1c(I)cc(I)cc1/C=C1\C(=O)NC(=O)N(c2ccc(C34CC5CC(CC(C5)C3)C4)cc2)C1=O. The van der Waals surface area contributed by atoms with Gasteiger partial charge in [-0.1, -0.05) is 30.3 Å². The average molecular weight is 809 g/mol. The lowest BCUT2D eigenvalue weighted by molar-refractivity contribution is -0.122. The Bertz CT molecular complexity index is 1740. The van der Waals surface area contributed by atoms with Crippen LogP contribution in [0.2, 0.25) is 0 Å². The number of nitrogens with one attached hydrogen (secondary N) is 1. The van der Waals surface area contributed by atoms with Gasteiger partial charge >= 0.3 is 6.03 Å². The van der Waals surface area contributed by atoms with Gasteiger partial charge in [-0.25, -0.2) is 9.69 Å². The summed E-state index contributed by atoms with van der Waals surface area (Å²) in [6.07, 6.45) is 9.25. The van der Waals surface area contributed by atoms with Gasteiger partial charge in [-0.15, -0.1) is 0 Å². The van der Waals surface area contributed by atoms with Crippen LogP contribution in [0.5, 0.6) is 5.75 Å². The van der Waals surface area contributed by atoms with Crippen LogP contribution in [0.1, 0.15) is 60.8 Å². The minimum atomic E-state index is -0.762. The number of carbonyl (C=O) groups is 3. The third-order valence-electron chi connectivity index (χ3n) is 9.72. The van der Waals surface area contributed by atoms with E-state index in [-0.39, 0.29) is 17.6 Å². The number of imide groups is 2. The Morgan fingerprint density at radius 3 is 2.27 bits per heavy atom. The second kappa shape index (κ2) is 11.6. The number of hydrogen-bond acceptors (Lipinski definition) is 5. The van der Waals surface area contributed by atoms with Crippen molar-refractivity contribution >= 4 is 74.8 Å². The molecule has 0 aromatic heterocycles. The Morgan fingerprint density at radius 2 is 1.61 bits per heavy atom. The van der Waals surface area contributed by atoms with E-state index >= 15 is 0 Å². The third kappa shape index (κ3) is 5.34. The number of ether oxygens (including phenoxy) is 1. The van der Waals surface area contributed by atoms with Gasteiger partial charge in [0.1, 0.15) is 17.9 Å². The topological polar surface area (TPSA) is 99.5 Å². The minimum Gasteiger partial charge on any atom is -0.487 e. The standard InChI is InChI=1S/C35H29I2N3O4/c36-27-12-25(31(30(37)14-27)44-19-24-4-2-1-3-23(24)18-38)13-29-32(41)39-34(43)40(33(29)42)28-7-5-26(6-8-28)35-15-20-9-21(16-35)11-22(10-20)17-35/h1-8,12-14,20-22H,9-11,15-17,19H2,(H,39,41,43)/b29-13+. The first-order valence-corrected chi connectivity index (χ1v) is 17.0. The molecular weight excluding hydrogens is 780 g/mol. The van der Waals surface area contributed by atoms with Crippen molar-refractivity contribution in [2.24, 2.45) is 17.8 Å². The van der Waals surface area contributed by atoms with Gasteiger partial charge < -0.3 is 4.74 Å². The Hall–Kier alpha value is -3.24. The largest absolute Gasteiger partial charge is 0.487 e. The first-order chi connectivity index (χ1) is 21.2. The number of benzene rings is 3. The molecule has 9 heteroatoms. The van der Waals surface area contributed by atoms with Crippen LogP contribution in [0.3, 0.4) is 0 Å². The second-order valence-corrected chi connectivity index (χ2v) is 15.0. The molecule has 1 N–H and O–H groups in total. The van der Waals surface area contributed by atoms with Crippen molar-refractivity contribution in [3.8, 4) is 11.8 Å². The van der Waals surface area contributed by atoms with Crippen molar-refractivity contribution in [2.75, 3.05) is 4.90 Å². The van der Waals surface area contributed by atoms with Gasteiger partial charge in [0.25, 0.3) is 11.8 Å². The molecule has 1 saturated heterocycles. The quantitative estimate of drug-likeness (QED) is 0.158. The second-order valence-electron chi connectivity index (χ2n) is 12.6. The highest BCUT2D eigenvalue weighted by molar-refractivity contribution is 14.1. The molecule has 3 aromatic carbocycles. The number of nitrogens with zero attached hydrogens (tertiary/aromatic N) is 2. The zero-order valence-corrected chi connectivity index (χ0v) is 28.1. The lowest BCUT2D eigenvalue weighted by atomic mass is 9.48. The molecule has 5 fully saturated rings. The van der Waals surface area contributed by atoms with Crippen LogP contribution >= 0.6 is 45.2 Å². The number of anilines is 1. The summed E-state index contributed by atoms with van der Waals surface area (Å²) in [6.45, 7) is 0.136. The number of amides is 4. The molecular formula is C35H29I2N3O4. The first kappa shape index (κ1) is 29.5. The predicted molar refractivity (Wildman–Crippen MR) is 183 cm³/mol. The van der Waals surface area contributed by atoms with Gasteiger partial charge in [-0.2, -0.15) is 5.26 Å². The molecule has 4 aliphatic carbocycles. The highest BCUT2D eigenvalue weighted by atomic mass is 127. The fourth-order valence-electron chi connectivity index (χ4n) is 8.22. The molecule has 0 radical (unpaired) electrons. The van der Waals surface area contributed by atoms with Crippen molar-refractivity contribution in [3.63, 3.8) is 0 Å². The van der Waals surface area contributed by atoms with E-state index in [1.54, 1.807) is 12.1 Å². The summed E-state index contributed by atoms with van der Waals surface area (Å²) in [5, 5.41) is 11.8. The Labute approximate surface area is 283 Å². The maximum absolute atomic E-state index is 13.8. The van der Waals surface area contributed by atoms with Crippen LogP contribution in [0.25, 0.3) is 6.08 Å². The molecule has 7 nitrogen and oxygen atoms in total. The molecule has 0 atom stereocenters. The van der Waals surface area contributed by atoms with Gasteiger partial charge in [-0.05, 0) is 149 Å². The minimum absolute atomic E-state index is 0.136. The highest BCUT2D eigenvalue weighted by Crippen LogP contribution is 2.60. The molecule has 5 aliphatic rings. The first-order valence-electron chi connectivity index (χ1n) is 14.8. The smallest absolute Gasteiger partial charge is 0.335 e. The number of hydrogen-bond donors (Lipinski definition) is 1. The number of nitriles is 1. The van der Waals surface area contributed by atoms with Crippen molar-refractivity contribution in [1.29, 1.82) is 5.26 Å². The van der Waals surface area contributed by atoms with E-state index in [4.69, 9.17) is 4.74 Å². The van der Waals surface area contributed by atoms with Crippen LogP contribution < -0.4 is 15.0 Å². The van der Waals surface area contributed by atoms with Crippen LogP contribution in [0.15, 0.2) is 66.2 Å². The number of halogens is 2. The Balaban J connectivity index is 1.18. The Kier molecular flexibility index (Phi) is 7.77. The van der Waals surface area contributed by atoms with E-state index in [9.17, 15) is 19.6 Å². The van der Waals surface area contributed by atoms with Crippen LogP contribution in [0, 0.1) is 36.2 Å². The average Bonchev–Trinajstić information content (AvgIpc) is 2.98. The lowest BCUT2D eigenvalue weighted by Gasteiger charge is -2.57. The van der Waals surface area contributed by atoms with Crippen molar-refractivity contribution in [2.45, 2.75) is 50.5 Å². The fourth-order valence-corrected chi connectivity index (χ4v) is 10.3. The van der Waals surface area contributed by atoms with Crippen molar-refractivity contribution in [1.82, 2.24) is 5.32 Å². The maximum atomic E-state index is 13.8. The summed E-state index contributed by atoms with van der Waals surface area (Å²) in [6, 6.07) is 20.2.